The number of nitrogens with zero attached hydrogens (tertiary/aromatic N) is 2. The van der Waals surface area contributed by atoms with Crippen molar-refractivity contribution in [2.45, 2.75) is 60.1 Å². The van der Waals surface area contributed by atoms with Crippen LogP contribution in [-0.4, -0.2) is 28.1 Å². The van der Waals surface area contributed by atoms with Crippen molar-refractivity contribution >= 4 is 17.4 Å². The lowest BCUT2D eigenvalue weighted by atomic mass is 10.1. The van der Waals surface area contributed by atoms with E-state index in [1.807, 2.05) is 45.9 Å². The van der Waals surface area contributed by atoms with Crippen LogP contribution in [0, 0.1) is 12.8 Å². The second-order valence-electron chi connectivity index (χ2n) is 7.92. The van der Waals surface area contributed by atoms with Gasteiger partial charge in [-0.15, -0.1) is 0 Å². The first-order valence-electron chi connectivity index (χ1n) is 10.3. The molecule has 0 fully saturated rings. The normalized spacial score (nSPS) is 12.1. The lowest BCUT2D eigenvalue weighted by Crippen LogP contribution is -2.47. The van der Waals surface area contributed by atoms with E-state index >= 15 is 0 Å². The molecule has 0 saturated heterocycles. The Morgan fingerprint density at radius 1 is 1.27 bits per heavy atom. The van der Waals surface area contributed by atoms with Crippen molar-refractivity contribution in [2.24, 2.45) is 5.92 Å². The number of anilines is 2. The van der Waals surface area contributed by atoms with Crippen molar-refractivity contribution in [3.8, 4) is 5.75 Å². The zero-order valence-electron chi connectivity index (χ0n) is 18.4. The van der Waals surface area contributed by atoms with Gasteiger partial charge in [0.1, 0.15) is 11.6 Å². The molecular weight excluding hydrogens is 384 g/mol. The molecule has 0 aliphatic carbocycles. The summed E-state index contributed by atoms with van der Waals surface area (Å²) in [7, 11) is 0. The summed E-state index contributed by atoms with van der Waals surface area (Å²) >= 11 is 0. The fourth-order valence-electron chi connectivity index (χ4n) is 3.20. The van der Waals surface area contributed by atoms with E-state index in [0.717, 1.165) is 18.4 Å². The van der Waals surface area contributed by atoms with Crippen LogP contribution < -0.4 is 26.6 Å². The first-order chi connectivity index (χ1) is 14.1. The highest BCUT2D eigenvalue weighted by Gasteiger charge is 2.29. The van der Waals surface area contributed by atoms with Gasteiger partial charge in [0.05, 0.1) is 0 Å². The number of aryl methyl sites for hydroxylation is 1. The summed E-state index contributed by atoms with van der Waals surface area (Å²) in [5, 5.41) is 0. The van der Waals surface area contributed by atoms with Crippen molar-refractivity contribution in [3.63, 3.8) is 0 Å². The topological polar surface area (TPSA) is 110 Å². The van der Waals surface area contributed by atoms with Gasteiger partial charge in [-0.1, -0.05) is 39.3 Å². The molecule has 8 heteroatoms. The Balaban J connectivity index is 2.45. The van der Waals surface area contributed by atoms with E-state index in [0.29, 0.717) is 12.3 Å². The van der Waals surface area contributed by atoms with Crippen LogP contribution in [0.3, 0.4) is 0 Å². The second kappa shape index (κ2) is 10.1. The molecule has 0 saturated carbocycles. The molecule has 0 unspecified atom stereocenters. The Hall–Kier alpha value is -3.03. The fourth-order valence-corrected chi connectivity index (χ4v) is 3.20. The number of hydrogen-bond donors (Lipinski definition) is 2. The number of hydrogen-bond acceptors (Lipinski definition) is 5. The number of nitrogens with one attached hydrogen (secondary N) is 1. The van der Waals surface area contributed by atoms with Crippen LogP contribution in [0.2, 0.25) is 0 Å². The van der Waals surface area contributed by atoms with Gasteiger partial charge in [-0.25, -0.2) is 4.79 Å². The summed E-state index contributed by atoms with van der Waals surface area (Å²) in [6, 6.07) is 7.39. The third-order valence-corrected chi connectivity index (χ3v) is 4.68. The van der Waals surface area contributed by atoms with E-state index in [9.17, 15) is 14.4 Å². The summed E-state index contributed by atoms with van der Waals surface area (Å²) in [6.45, 7) is 10.1. The first-order valence-corrected chi connectivity index (χ1v) is 10.3. The Labute approximate surface area is 176 Å². The molecule has 0 bridgehead atoms. The Morgan fingerprint density at radius 2 is 1.97 bits per heavy atom. The summed E-state index contributed by atoms with van der Waals surface area (Å²) in [4.78, 5) is 41.8. The lowest BCUT2D eigenvalue weighted by Gasteiger charge is -2.28. The minimum atomic E-state index is -0.847. The molecule has 0 spiro atoms. The van der Waals surface area contributed by atoms with Crippen LogP contribution in [-0.2, 0) is 11.3 Å². The van der Waals surface area contributed by atoms with Gasteiger partial charge in [0, 0.05) is 13.1 Å². The standard InChI is InChI=1S/C22H32N4O4/c1-6-7-11-25-19(23)18(20(27)24-22(25)29)26(13-14(2)3)21(28)16(5)30-17-10-8-9-15(4)12-17/h8-10,12,14,16H,6-7,11,13,23H2,1-5H3,(H,24,27,29)/t16-/m0/s1. The quantitative estimate of drug-likeness (QED) is 0.653. The minimum absolute atomic E-state index is 0.00560. The van der Waals surface area contributed by atoms with Gasteiger partial charge in [0.2, 0.25) is 0 Å². The third-order valence-electron chi connectivity index (χ3n) is 4.68. The number of aromatic amines is 1. The van der Waals surface area contributed by atoms with Gasteiger partial charge < -0.3 is 15.4 Å². The monoisotopic (exact) mass is 416 g/mol. The molecule has 1 amide bonds. The molecular formula is C22H32N4O4. The molecule has 1 aromatic heterocycles. The number of carbonyl (C=O) groups is 1. The Bertz CT molecular complexity index is 993. The highest BCUT2D eigenvalue weighted by molar-refractivity contribution is 5.98. The number of nitrogen functional groups attached to an aromatic ring is 1. The molecule has 30 heavy (non-hydrogen) atoms. The molecule has 1 atom stereocenters. The molecule has 1 aromatic carbocycles. The number of unbranched alkanes of at least 4 members (excludes halogenated alkanes) is 1. The van der Waals surface area contributed by atoms with E-state index in [-0.39, 0.29) is 24.0 Å². The minimum Gasteiger partial charge on any atom is -0.481 e. The highest BCUT2D eigenvalue weighted by atomic mass is 16.5. The summed E-state index contributed by atoms with van der Waals surface area (Å²) in [5.74, 6) is 0.224. The number of benzene rings is 1. The van der Waals surface area contributed by atoms with Crippen molar-refractivity contribution in [1.29, 1.82) is 0 Å². The predicted octanol–water partition coefficient (Wildman–Crippen LogP) is 2.68. The average molecular weight is 417 g/mol. The number of carbonyl (C=O) groups excluding carboxylic acids is 1. The number of aromatic nitrogens is 2. The van der Waals surface area contributed by atoms with Gasteiger partial charge in [-0.05, 0) is 43.9 Å². The van der Waals surface area contributed by atoms with Crippen LogP contribution >= 0.6 is 0 Å². The largest absolute Gasteiger partial charge is 0.481 e. The molecule has 3 N–H and O–H groups in total. The average Bonchev–Trinajstić information content (AvgIpc) is 2.66. The number of amides is 1. The summed E-state index contributed by atoms with van der Waals surface area (Å²) in [6.07, 6.45) is 0.733. The summed E-state index contributed by atoms with van der Waals surface area (Å²) < 4.78 is 7.14. The maximum atomic E-state index is 13.3. The lowest BCUT2D eigenvalue weighted by molar-refractivity contribution is -0.124. The smallest absolute Gasteiger partial charge is 0.330 e. The van der Waals surface area contributed by atoms with Crippen molar-refractivity contribution in [3.05, 3.63) is 50.7 Å². The van der Waals surface area contributed by atoms with E-state index in [4.69, 9.17) is 10.5 Å². The third kappa shape index (κ3) is 5.52. The van der Waals surface area contributed by atoms with E-state index in [1.54, 1.807) is 13.0 Å². The zero-order valence-corrected chi connectivity index (χ0v) is 18.4. The number of nitrogens with two attached hydrogens (primary N) is 1. The molecule has 2 aromatic rings. The van der Waals surface area contributed by atoms with E-state index in [1.165, 1.54) is 9.47 Å². The SMILES string of the molecule is CCCCn1c(N)c(N(CC(C)C)C(=O)[C@H](C)Oc2cccc(C)c2)c(=O)[nH]c1=O. The zero-order chi connectivity index (χ0) is 22.4. The first kappa shape index (κ1) is 23.3. The van der Waals surface area contributed by atoms with E-state index < -0.39 is 23.3 Å². The number of H-pyrrole nitrogens is 1. The maximum Gasteiger partial charge on any atom is 0.330 e. The van der Waals surface area contributed by atoms with Crippen molar-refractivity contribution in [2.75, 3.05) is 17.2 Å². The number of rotatable bonds is 9. The van der Waals surface area contributed by atoms with Gasteiger partial charge >= 0.3 is 5.69 Å². The van der Waals surface area contributed by atoms with Crippen molar-refractivity contribution < 1.29 is 9.53 Å². The van der Waals surface area contributed by atoms with Crippen molar-refractivity contribution in [1.82, 2.24) is 9.55 Å². The number of ether oxygens (including phenoxy) is 1. The Kier molecular flexibility index (Phi) is 7.86. The van der Waals surface area contributed by atoms with Gasteiger partial charge in [0.25, 0.3) is 11.5 Å². The fraction of sp³-hybridized carbons (Fsp3) is 0.500. The highest BCUT2D eigenvalue weighted by Crippen LogP contribution is 2.21. The molecule has 0 radical (unpaired) electrons. The molecule has 1 heterocycles. The van der Waals surface area contributed by atoms with E-state index in [2.05, 4.69) is 4.98 Å². The van der Waals surface area contributed by atoms with Crippen LogP contribution in [0.15, 0.2) is 33.9 Å². The van der Waals surface area contributed by atoms with Gasteiger partial charge in [0.15, 0.2) is 11.8 Å². The predicted molar refractivity (Wildman–Crippen MR) is 119 cm³/mol. The summed E-state index contributed by atoms with van der Waals surface area (Å²) in [5.41, 5.74) is 5.97. The molecule has 0 aliphatic heterocycles. The van der Waals surface area contributed by atoms with Crippen LogP contribution in [0.1, 0.15) is 46.1 Å². The Morgan fingerprint density at radius 3 is 2.57 bits per heavy atom. The molecule has 2 rings (SSSR count). The van der Waals surface area contributed by atoms with Crippen LogP contribution in [0.5, 0.6) is 5.75 Å². The van der Waals surface area contributed by atoms with Gasteiger partial charge in [-0.3, -0.25) is 19.1 Å². The molecule has 0 aliphatic rings. The maximum absolute atomic E-state index is 13.3. The van der Waals surface area contributed by atoms with Crippen LogP contribution in [0.4, 0.5) is 11.5 Å². The molecule has 8 nitrogen and oxygen atoms in total. The second-order valence-corrected chi connectivity index (χ2v) is 7.92. The molecule has 164 valence electrons. The van der Waals surface area contributed by atoms with Crippen LogP contribution in [0.25, 0.3) is 0 Å². The van der Waals surface area contributed by atoms with Gasteiger partial charge in [-0.2, -0.15) is 0 Å².